The van der Waals surface area contributed by atoms with Crippen LogP contribution in [0.1, 0.15) is 21.5 Å². The van der Waals surface area contributed by atoms with Crippen molar-refractivity contribution in [1.29, 1.82) is 0 Å². The van der Waals surface area contributed by atoms with Crippen LogP contribution in [0.4, 0.5) is 0 Å². The monoisotopic (exact) mass is 324 g/mol. The minimum Gasteiger partial charge on any atom is -0.423 e. The Hall–Kier alpha value is -2.17. The molecule has 4 heteroatoms. The highest BCUT2D eigenvalue weighted by Crippen LogP contribution is 2.15. The molecule has 4 nitrogen and oxygen atoms in total. The molecular weight excluding hydrogens is 300 g/mol. The molecule has 2 aromatic rings. The van der Waals surface area contributed by atoms with Gasteiger partial charge in [-0.2, -0.15) is 0 Å². The van der Waals surface area contributed by atoms with E-state index in [-0.39, 0.29) is 5.97 Å². The molecular formula is C20H24N2O2. The molecule has 1 heterocycles. The van der Waals surface area contributed by atoms with E-state index >= 15 is 0 Å². The number of carbonyl (C=O) groups excluding carboxylic acids is 1. The van der Waals surface area contributed by atoms with Crippen LogP contribution in [0.3, 0.4) is 0 Å². The molecule has 0 amide bonds. The molecule has 126 valence electrons. The molecule has 1 saturated heterocycles. The number of aryl methyl sites for hydroxylation is 1. The Morgan fingerprint density at radius 2 is 1.58 bits per heavy atom. The standard InChI is InChI=1S/C20H24N2O2/c1-16-3-9-19(10-4-16)24-20(23)18-7-5-17(6-8-18)15-22-13-11-21(2)12-14-22/h3-10H,11-15H2,1-2H3. The van der Waals surface area contributed by atoms with Gasteiger partial charge in [0.2, 0.25) is 0 Å². The average molecular weight is 324 g/mol. The van der Waals surface area contributed by atoms with Gasteiger partial charge in [-0.3, -0.25) is 4.90 Å². The van der Waals surface area contributed by atoms with Gasteiger partial charge in [-0.1, -0.05) is 29.8 Å². The second-order valence-corrected chi connectivity index (χ2v) is 6.48. The number of hydrogen-bond acceptors (Lipinski definition) is 4. The Morgan fingerprint density at radius 1 is 0.958 bits per heavy atom. The smallest absolute Gasteiger partial charge is 0.343 e. The summed E-state index contributed by atoms with van der Waals surface area (Å²) in [6.45, 7) is 7.34. The van der Waals surface area contributed by atoms with E-state index in [0.717, 1.165) is 38.3 Å². The van der Waals surface area contributed by atoms with E-state index in [1.165, 1.54) is 5.56 Å². The van der Waals surface area contributed by atoms with Gasteiger partial charge in [-0.25, -0.2) is 4.79 Å². The lowest BCUT2D eigenvalue weighted by molar-refractivity contribution is 0.0734. The van der Waals surface area contributed by atoms with Crippen molar-refractivity contribution in [3.63, 3.8) is 0 Å². The van der Waals surface area contributed by atoms with Gasteiger partial charge in [-0.15, -0.1) is 0 Å². The molecule has 1 aliphatic rings. The first-order valence-electron chi connectivity index (χ1n) is 8.39. The van der Waals surface area contributed by atoms with Gasteiger partial charge in [-0.05, 0) is 43.8 Å². The maximum Gasteiger partial charge on any atom is 0.343 e. The highest BCUT2D eigenvalue weighted by molar-refractivity contribution is 5.91. The van der Waals surface area contributed by atoms with Crippen LogP contribution in [-0.2, 0) is 6.54 Å². The molecule has 0 spiro atoms. The van der Waals surface area contributed by atoms with Gasteiger partial charge in [0.15, 0.2) is 0 Å². The first-order valence-corrected chi connectivity index (χ1v) is 8.39. The third-order valence-electron chi connectivity index (χ3n) is 4.42. The molecule has 1 fully saturated rings. The summed E-state index contributed by atoms with van der Waals surface area (Å²) in [4.78, 5) is 17.0. The summed E-state index contributed by atoms with van der Waals surface area (Å²) < 4.78 is 5.40. The number of ether oxygens (including phenoxy) is 1. The Kier molecular flexibility index (Phi) is 5.28. The van der Waals surface area contributed by atoms with E-state index in [1.807, 2.05) is 55.5 Å². The van der Waals surface area contributed by atoms with Crippen molar-refractivity contribution < 1.29 is 9.53 Å². The van der Waals surface area contributed by atoms with E-state index in [2.05, 4.69) is 16.8 Å². The Labute approximate surface area is 143 Å². The van der Waals surface area contributed by atoms with E-state index in [9.17, 15) is 4.79 Å². The van der Waals surface area contributed by atoms with Crippen LogP contribution in [0, 0.1) is 6.92 Å². The van der Waals surface area contributed by atoms with Crippen molar-refractivity contribution in [3.05, 3.63) is 65.2 Å². The maximum atomic E-state index is 12.2. The Balaban J connectivity index is 1.57. The molecule has 0 bridgehead atoms. The van der Waals surface area contributed by atoms with E-state index in [4.69, 9.17) is 4.74 Å². The fourth-order valence-electron chi connectivity index (χ4n) is 2.78. The summed E-state index contributed by atoms with van der Waals surface area (Å²) >= 11 is 0. The van der Waals surface area contributed by atoms with Crippen molar-refractivity contribution >= 4 is 5.97 Å². The van der Waals surface area contributed by atoms with Crippen molar-refractivity contribution in [2.75, 3.05) is 33.2 Å². The molecule has 0 saturated carbocycles. The Bertz CT molecular complexity index is 672. The number of esters is 1. The van der Waals surface area contributed by atoms with Gasteiger partial charge in [0.05, 0.1) is 5.56 Å². The van der Waals surface area contributed by atoms with Crippen LogP contribution in [0.5, 0.6) is 5.75 Å². The van der Waals surface area contributed by atoms with Crippen LogP contribution in [0.15, 0.2) is 48.5 Å². The molecule has 0 atom stereocenters. The highest BCUT2D eigenvalue weighted by atomic mass is 16.5. The summed E-state index contributed by atoms with van der Waals surface area (Å²) in [6.07, 6.45) is 0. The summed E-state index contributed by atoms with van der Waals surface area (Å²) in [7, 11) is 2.16. The normalized spacial score (nSPS) is 16.1. The lowest BCUT2D eigenvalue weighted by Gasteiger charge is -2.32. The zero-order valence-electron chi connectivity index (χ0n) is 14.4. The van der Waals surface area contributed by atoms with Gasteiger partial charge < -0.3 is 9.64 Å². The molecule has 0 radical (unpaired) electrons. The summed E-state index contributed by atoms with van der Waals surface area (Å²) in [5.74, 6) is 0.261. The first kappa shape index (κ1) is 16.7. The number of likely N-dealkylation sites (N-methyl/N-ethyl adjacent to an activating group) is 1. The summed E-state index contributed by atoms with van der Waals surface area (Å²) in [6, 6.07) is 15.2. The number of benzene rings is 2. The van der Waals surface area contributed by atoms with Gasteiger partial charge in [0.25, 0.3) is 0 Å². The zero-order valence-corrected chi connectivity index (χ0v) is 14.4. The fourth-order valence-corrected chi connectivity index (χ4v) is 2.78. The van der Waals surface area contributed by atoms with Gasteiger partial charge in [0, 0.05) is 32.7 Å². The lowest BCUT2D eigenvalue weighted by atomic mass is 10.1. The van der Waals surface area contributed by atoms with Crippen LogP contribution in [0.25, 0.3) is 0 Å². The minimum absolute atomic E-state index is 0.315. The van der Waals surface area contributed by atoms with Gasteiger partial charge in [0.1, 0.15) is 5.75 Å². The molecule has 3 rings (SSSR count). The summed E-state index contributed by atoms with van der Waals surface area (Å²) in [5, 5.41) is 0. The minimum atomic E-state index is -0.315. The van der Waals surface area contributed by atoms with E-state index in [1.54, 1.807) is 0 Å². The molecule has 0 unspecified atom stereocenters. The van der Waals surface area contributed by atoms with Gasteiger partial charge >= 0.3 is 5.97 Å². The predicted octanol–water partition coefficient (Wildman–Crippen LogP) is 2.96. The van der Waals surface area contributed by atoms with Crippen LogP contribution < -0.4 is 4.74 Å². The lowest BCUT2D eigenvalue weighted by Crippen LogP contribution is -2.43. The molecule has 0 N–H and O–H groups in total. The molecule has 0 aliphatic carbocycles. The van der Waals surface area contributed by atoms with Crippen molar-refractivity contribution in [2.45, 2.75) is 13.5 Å². The molecule has 24 heavy (non-hydrogen) atoms. The molecule has 0 aromatic heterocycles. The predicted molar refractivity (Wildman–Crippen MR) is 95.4 cm³/mol. The van der Waals surface area contributed by atoms with Crippen molar-refractivity contribution in [2.24, 2.45) is 0 Å². The number of nitrogens with zero attached hydrogens (tertiary/aromatic N) is 2. The van der Waals surface area contributed by atoms with Crippen molar-refractivity contribution in [1.82, 2.24) is 9.80 Å². The number of carbonyl (C=O) groups is 1. The third kappa shape index (κ3) is 4.43. The van der Waals surface area contributed by atoms with Crippen LogP contribution >= 0.6 is 0 Å². The van der Waals surface area contributed by atoms with Crippen LogP contribution in [-0.4, -0.2) is 49.0 Å². The average Bonchev–Trinajstić information content (AvgIpc) is 2.59. The maximum absolute atomic E-state index is 12.2. The zero-order chi connectivity index (χ0) is 16.9. The number of rotatable bonds is 4. The first-order chi connectivity index (χ1) is 11.6. The summed E-state index contributed by atoms with van der Waals surface area (Å²) in [5.41, 5.74) is 2.95. The van der Waals surface area contributed by atoms with Crippen molar-refractivity contribution in [3.8, 4) is 5.75 Å². The Morgan fingerprint density at radius 3 is 2.21 bits per heavy atom. The second-order valence-electron chi connectivity index (χ2n) is 6.48. The van der Waals surface area contributed by atoms with E-state index in [0.29, 0.717) is 11.3 Å². The third-order valence-corrected chi connectivity index (χ3v) is 4.42. The number of piperazine rings is 1. The van der Waals surface area contributed by atoms with E-state index < -0.39 is 0 Å². The number of hydrogen-bond donors (Lipinski definition) is 0. The van der Waals surface area contributed by atoms with Crippen LogP contribution in [0.2, 0.25) is 0 Å². The largest absolute Gasteiger partial charge is 0.423 e. The quantitative estimate of drug-likeness (QED) is 0.639. The fraction of sp³-hybridized carbons (Fsp3) is 0.350. The SMILES string of the molecule is Cc1ccc(OC(=O)c2ccc(CN3CCN(C)CC3)cc2)cc1. The topological polar surface area (TPSA) is 32.8 Å². The highest BCUT2D eigenvalue weighted by Gasteiger charge is 2.14. The second kappa shape index (κ2) is 7.60. The molecule has 1 aliphatic heterocycles. The molecule has 2 aromatic carbocycles.